The topological polar surface area (TPSA) is 38.3 Å². The number of thioether (sulfide) groups is 1. The molecule has 106 valence electrons. The Morgan fingerprint density at radius 1 is 1.42 bits per heavy atom. The molecule has 0 radical (unpaired) electrons. The second kappa shape index (κ2) is 9.23. The highest BCUT2D eigenvalue weighted by atomic mass is 35.5. The summed E-state index contributed by atoms with van der Waals surface area (Å²) in [6.07, 6.45) is 1.10. The molecular weight excluding hydrogens is 282 g/mol. The lowest BCUT2D eigenvalue weighted by Gasteiger charge is -2.10. The van der Waals surface area contributed by atoms with Crippen molar-refractivity contribution < 1.29 is 9.53 Å². The summed E-state index contributed by atoms with van der Waals surface area (Å²) in [4.78, 5) is 12.4. The van der Waals surface area contributed by atoms with Gasteiger partial charge in [0.1, 0.15) is 0 Å². The summed E-state index contributed by atoms with van der Waals surface area (Å²) in [6, 6.07) is 5.77. The Hall–Kier alpha value is -0.710. The van der Waals surface area contributed by atoms with Gasteiger partial charge in [-0.25, -0.2) is 0 Å². The highest BCUT2D eigenvalue weighted by Gasteiger charge is 2.08. The number of carbonyl (C=O) groups excluding carboxylic acids is 1. The standard InChI is InChI=1S/C14H20ClNO2S/c1-3-7-16-9-11-5-6-12(15)8-13(11)19-10-14(17)18-4-2/h5-6,8,16H,3-4,7,9-10H2,1-2H3. The van der Waals surface area contributed by atoms with Crippen LogP contribution in [0.2, 0.25) is 5.02 Å². The van der Waals surface area contributed by atoms with E-state index in [2.05, 4.69) is 12.2 Å². The van der Waals surface area contributed by atoms with Gasteiger partial charge in [-0.15, -0.1) is 11.8 Å². The van der Waals surface area contributed by atoms with Crippen molar-refractivity contribution >= 4 is 29.3 Å². The van der Waals surface area contributed by atoms with Crippen LogP contribution in [0, 0.1) is 0 Å². The molecule has 0 bridgehead atoms. The second-order valence-corrected chi connectivity index (χ2v) is 5.48. The molecule has 0 unspecified atom stereocenters. The molecule has 1 rings (SSSR count). The van der Waals surface area contributed by atoms with Gasteiger partial charge in [-0.05, 0) is 37.6 Å². The maximum Gasteiger partial charge on any atom is 0.316 e. The van der Waals surface area contributed by atoms with E-state index < -0.39 is 0 Å². The minimum Gasteiger partial charge on any atom is -0.465 e. The van der Waals surface area contributed by atoms with Crippen LogP contribution in [0.4, 0.5) is 0 Å². The maximum absolute atomic E-state index is 11.4. The first-order valence-corrected chi connectivity index (χ1v) is 7.81. The molecule has 0 amide bonds. The van der Waals surface area contributed by atoms with E-state index in [9.17, 15) is 4.79 Å². The van der Waals surface area contributed by atoms with Gasteiger partial charge >= 0.3 is 5.97 Å². The summed E-state index contributed by atoms with van der Waals surface area (Å²) >= 11 is 7.47. The van der Waals surface area contributed by atoms with Crippen molar-refractivity contribution in [1.29, 1.82) is 0 Å². The summed E-state index contributed by atoms with van der Waals surface area (Å²) in [5.41, 5.74) is 1.16. The van der Waals surface area contributed by atoms with Crippen molar-refractivity contribution in [3.05, 3.63) is 28.8 Å². The minimum atomic E-state index is -0.194. The van der Waals surface area contributed by atoms with E-state index in [0.717, 1.165) is 30.0 Å². The second-order valence-electron chi connectivity index (χ2n) is 4.02. The van der Waals surface area contributed by atoms with Crippen LogP contribution in [-0.2, 0) is 16.1 Å². The van der Waals surface area contributed by atoms with Crippen molar-refractivity contribution in [2.45, 2.75) is 31.7 Å². The lowest BCUT2D eigenvalue weighted by Crippen LogP contribution is -2.14. The first-order valence-electron chi connectivity index (χ1n) is 6.45. The zero-order valence-electron chi connectivity index (χ0n) is 11.4. The molecular formula is C14H20ClNO2S. The van der Waals surface area contributed by atoms with Crippen LogP contribution in [0.1, 0.15) is 25.8 Å². The van der Waals surface area contributed by atoms with Gasteiger partial charge in [-0.2, -0.15) is 0 Å². The molecule has 0 saturated carbocycles. The van der Waals surface area contributed by atoms with Crippen LogP contribution < -0.4 is 5.32 Å². The van der Waals surface area contributed by atoms with Gasteiger partial charge < -0.3 is 10.1 Å². The number of halogens is 1. The first kappa shape index (κ1) is 16.3. The Balaban J connectivity index is 2.62. The molecule has 0 aliphatic rings. The molecule has 1 N–H and O–H groups in total. The van der Waals surface area contributed by atoms with Crippen molar-refractivity contribution in [1.82, 2.24) is 5.32 Å². The third kappa shape index (κ3) is 6.32. The number of esters is 1. The fourth-order valence-corrected chi connectivity index (χ4v) is 2.68. The number of benzene rings is 1. The maximum atomic E-state index is 11.4. The van der Waals surface area contributed by atoms with Gasteiger partial charge in [0.25, 0.3) is 0 Å². The Morgan fingerprint density at radius 2 is 2.21 bits per heavy atom. The average molecular weight is 302 g/mol. The SMILES string of the molecule is CCCNCc1ccc(Cl)cc1SCC(=O)OCC. The van der Waals surface area contributed by atoms with Gasteiger partial charge in [0, 0.05) is 16.5 Å². The number of hydrogen-bond donors (Lipinski definition) is 1. The van der Waals surface area contributed by atoms with Crippen molar-refractivity contribution in [3.63, 3.8) is 0 Å². The lowest BCUT2D eigenvalue weighted by atomic mass is 10.2. The monoisotopic (exact) mass is 301 g/mol. The van der Waals surface area contributed by atoms with Gasteiger partial charge in [-0.1, -0.05) is 24.6 Å². The minimum absolute atomic E-state index is 0.194. The van der Waals surface area contributed by atoms with Crippen LogP contribution in [0.25, 0.3) is 0 Å². The van der Waals surface area contributed by atoms with Crippen LogP contribution >= 0.6 is 23.4 Å². The zero-order chi connectivity index (χ0) is 14.1. The van der Waals surface area contributed by atoms with Crippen LogP contribution in [-0.4, -0.2) is 24.9 Å². The van der Waals surface area contributed by atoms with Gasteiger partial charge in [0.2, 0.25) is 0 Å². The van der Waals surface area contributed by atoms with E-state index in [-0.39, 0.29) is 5.97 Å². The van der Waals surface area contributed by atoms with Gasteiger partial charge in [0.05, 0.1) is 12.4 Å². The number of hydrogen-bond acceptors (Lipinski definition) is 4. The van der Waals surface area contributed by atoms with Gasteiger partial charge in [0.15, 0.2) is 0 Å². The predicted molar refractivity (Wildman–Crippen MR) is 80.8 cm³/mol. The molecule has 0 aliphatic heterocycles. The molecule has 0 saturated heterocycles. The summed E-state index contributed by atoms with van der Waals surface area (Å²) in [5, 5.41) is 4.04. The Kier molecular flexibility index (Phi) is 7.94. The van der Waals surface area contributed by atoms with E-state index in [1.165, 1.54) is 11.8 Å². The molecule has 5 heteroatoms. The van der Waals surface area contributed by atoms with E-state index in [0.29, 0.717) is 17.4 Å². The predicted octanol–water partition coefficient (Wildman–Crippen LogP) is 3.49. The van der Waals surface area contributed by atoms with Gasteiger partial charge in [-0.3, -0.25) is 4.79 Å². The Morgan fingerprint density at radius 3 is 2.89 bits per heavy atom. The highest BCUT2D eigenvalue weighted by molar-refractivity contribution is 8.00. The molecule has 3 nitrogen and oxygen atoms in total. The van der Waals surface area contributed by atoms with Crippen LogP contribution in [0.3, 0.4) is 0 Å². The Bertz CT molecular complexity index is 412. The van der Waals surface area contributed by atoms with Crippen LogP contribution in [0.15, 0.2) is 23.1 Å². The fraction of sp³-hybridized carbons (Fsp3) is 0.500. The number of carbonyl (C=O) groups is 1. The summed E-state index contributed by atoms with van der Waals surface area (Å²) in [5.74, 6) is 0.120. The smallest absolute Gasteiger partial charge is 0.316 e. The van der Waals surface area contributed by atoms with Crippen LogP contribution in [0.5, 0.6) is 0 Å². The molecule has 0 spiro atoms. The average Bonchev–Trinajstić information content (AvgIpc) is 2.39. The normalized spacial score (nSPS) is 10.5. The number of rotatable bonds is 8. The molecule has 0 fully saturated rings. The van der Waals surface area contributed by atoms with E-state index in [1.807, 2.05) is 25.1 Å². The molecule has 0 aliphatic carbocycles. The molecule has 1 aromatic carbocycles. The zero-order valence-corrected chi connectivity index (χ0v) is 12.9. The summed E-state index contributed by atoms with van der Waals surface area (Å²) < 4.78 is 4.92. The highest BCUT2D eigenvalue weighted by Crippen LogP contribution is 2.26. The molecule has 0 heterocycles. The number of nitrogens with one attached hydrogen (secondary N) is 1. The fourth-order valence-electron chi connectivity index (χ4n) is 1.55. The Labute approximate surface area is 124 Å². The first-order chi connectivity index (χ1) is 9.17. The molecule has 0 atom stereocenters. The lowest BCUT2D eigenvalue weighted by molar-refractivity contribution is -0.139. The van der Waals surface area contributed by atoms with E-state index in [4.69, 9.17) is 16.3 Å². The summed E-state index contributed by atoms with van der Waals surface area (Å²) in [7, 11) is 0. The molecule has 0 aromatic heterocycles. The van der Waals surface area contributed by atoms with Crippen molar-refractivity contribution in [2.75, 3.05) is 18.9 Å². The van der Waals surface area contributed by atoms with E-state index in [1.54, 1.807) is 0 Å². The van der Waals surface area contributed by atoms with Crippen molar-refractivity contribution in [3.8, 4) is 0 Å². The summed E-state index contributed by atoms with van der Waals surface area (Å²) in [6.45, 7) is 6.12. The van der Waals surface area contributed by atoms with E-state index >= 15 is 0 Å². The molecule has 1 aromatic rings. The largest absolute Gasteiger partial charge is 0.465 e. The molecule has 19 heavy (non-hydrogen) atoms. The third-order valence-corrected chi connectivity index (χ3v) is 3.73. The van der Waals surface area contributed by atoms with Crippen molar-refractivity contribution in [2.24, 2.45) is 0 Å². The number of ether oxygens (including phenoxy) is 1. The quantitative estimate of drug-likeness (QED) is 0.453. The third-order valence-electron chi connectivity index (χ3n) is 2.42.